The quantitative estimate of drug-likeness (QED) is 0.649. The summed E-state index contributed by atoms with van der Waals surface area (Å²) in [6.07, 6.45) is 4.37. The summed E-state index contributed by atoms with van der Waals surface area (Å²) in [7, 11) is 0. The molecule has 0 aliphatic heterocycles. The minimum Gasteiger partial charge on any atom is -0.388 e. The summed E-state index contributed by atoms with van der Waals surface area (Å²) < 4.78 is 0. The van der Waals surface area contributed by atoms with E-state index in [-0.39, 0.29) is 18.4 Å². The molecule has 0 fully saturated rings. The smallest absolute Gasteiger partial charge is 0.0863 e. The van der Waals surface area contributed by atoms with Crippen LogP contribution in [0.5, 0.6) is 0 Å². The van der Waals surface area contributed by atoms with Crippen LogP contribution < -0.4 is 5.73 Å². The maximum atomic E-state index is 9.82. The van der Waals surface area contributed by atoms with E-state index in [9.17, 15) is 5.11 Å². The van der Waals surface area contributed by atoms with E-state index in [4.69, 9.17) is 5.73 Å². The lowest BCUT2D eigenvalue weighted by molar-refractivity contribution is 0.0253. The van der Waals surface area contributed by atoms with Crippen LogP contribution in [0.2, 0.25) is 0 Å². The zero-order valence-corrected chi connectivity index (χ0v) is 8.31. The zero-order valence-electron chi connectivity index (χ0n) is 7.49. The molecule has 0 aliphatic rings. The Hall–Kier alpha value is -0.310. The van der Waals surface area contributed by atoms with E-state index >= 15 is 0 Å². The fraction of sp³-hybridized carbons (Fsp3) is 0.556. The van der Waals surface area contributed by atoms with Gasteiger partial charge in [-0.15, -0.1) is 25.6 Å². The molecule has 0 bridgehead atoms. The Kier molecular flexibility index (Phi) is 7.39. The van der Waals surface area contributed by atoms with Crippen LogP contribution in [0.3, 0.4) is 0 Å². The van der Waals surface area contributed by atoms with Crippen molar-refractivity contribution in [2.75, 3.05) is 0 Å². The SMILES string of the molecule is C=CCC(O)(CC=C)C(C)N.Cl. The topological polar surface area (TPSA) is 46.2 Å². The standard InChI is InChI=1S/C9H17NO.ClH/c1-4-6-9(11,7-5-2)8(3)10;/h4-5,8,11H,1-2,6-7,10H2,3H3;1H. The van der Waals surface area contributed by atoms with Gasteiger partial charge in [-0.2, -0.15) is 0 Å². The Morgan fingerprint density at radius 3 is 1.92 bits per heavy atom. The van der Waals surface area contributed by atoms with Crippen LogP contribution in [-0.2, 0) is 0 Å². The number of nitrogens with two attached hydrogens (primary N) is 1. The van der Waals surface area contributed by atoms with Crippen molar-refractivity contribution in [3.63, 3.8) is 0 Å². The van der Waals surface area contributed by atoms with Crippen LogP contribution >= 0.6 is 12.4 Å². The maximum absolute atomic E-state index is 9.82. The first-order valence-corrected chi connectivity index (χ1v) is 3.76. The summed E-state index contributed by atoms with van der Waals surface area (Å²) in [5.41, 5.74) is 4.74. The van der Waals surface area contributed by atoms with Crippen LogP contribution in [0.25, 0.3) is 0 Å². The van der Waals surface area contributed by atoms with Crippen LogP contribution in [0, 0.1) is 0 Å². The molecule has 0 aromatic heterocycles. The maximum Gasteiger partial charge on any atom is 0.0863 e. The van der Waals surface area contributed by atoms with E-state index in [1.165, 1.54) is 0 Å². The van der Waals surface area contributed by atoms with Crippen molar-refractivity contribution >= 4 is 12.4 Å². The van der Waals surface area contributed by atoms with Gasteiger partial charge in [0.2, 0.25) is 0 Å². The predicted octanol–water partition coefficient (Wildman–Crippen LogP) is 1.64. The zero-order chi connectivity index (χ0) is 8.91. The summed E-state index contributed by atoms with van der Waals surface area (Å²) in [5, 5.41) is 9.82. The molecule has 3 N–H and O–H groups in total. The molecule has 0 aromatic rings. The fourth-order valence-electron chi connectivity index (χ4n) is 0.955. The van der Waals surface area contributed by atoms with E-state index in [1.807, 2.05) is 0 Å². The van der Waals surface area contributed by atoms with Gasteiger partial charge in [-0.3, -0.25) is 0 Å². The third kappa shape index (κ3) is 3.90. The predicted molar refractivity (Wildman–Crippen MR) is 55.5 cm³/mol. The monoisotopic (exact) mass is 191 g/mol. The molecule has 0 rings (SSSR count). The highest BCUT2D eigenvalue weighted by Crippen LogP contribution is 2.19. The average molecular weight is 192 g/mol. The van der Waals surface area contributed by atoms with E-state index in [1.54, 1.807) is 19.1 Å². The minimum atomic E-state index is -0.858. The summed E-state index contributed by atoms with van der Waals surface area (Å²) >= 11 is 0. The average Bonchev–Trinajstić information content (AvgIpc) is 1.88. The summed E-state index contributed by atoms with van der Waals surface area (Å²) in [5.74, 6) is 0. The molecule has 72 valence electrons. The third-order valence-corrected chi connectivity index (χ3v) is 1.84. The molecule has 0 heterocycles. The molecule has 0 radical (unpaired) electrons. The molecule has 0 spiro atoms. The Morgan fingerprint density at radius 2 is 1.75 bits per heavy atom. The van der Waals surface area contributed by atoms with Crippen LogP contribution in [-0.4, -0.2) is 16.7 Å². The Balaban J connectivity index is 0. The van der Waals surface area contributed by atoms with E-state index < -0.39 is 5.60 Å². The van der Waals surface area contributed by atoms with E-state index in [2.05, 4.69) is 13.2 Å². The number of aliphatic hydroxyl groups is 1. The molecule has 3 heteroatoms. The highest BCUT2D eigenvalue weighted by atomic mass is 35.5. The van der Waals surface area contributed by atoms with Gasteiger partial charge < -0.3 is 10.8 Å². The van der Waals surface area contributed by atoms with Gasteiger partial charge in [0.15, 0.2) is 0 Å². The molecule has 2 nitrogen and oxygen atoms in total. The lowest BCUT2D eigenvalue weighted by atomic mass is 9.89. The molecule has 12 heavy (non-hydrogen) atoms. The molecular formula is C9H18ClNO. The number of hydrogen-bond donors (Lipinski definition) is 2. The largest absolute Gasteiger partial charge is 0.388 e. The summed E-state index contributed by atoms with van der Waals surface area (Å²) in [6.45, 7) is 8.91. The van der Waals surface area contributed by atoms with Crippen LogP contribution in [0.4, 0.5) is 0 Å². The summed E-state index contributed by atoms with van der Waals surface area (Å²) in [6, 6.07) is -0.251. The first kappa shape index (κ1) is 14.2. The van der Waals surface area contributed by atoms with Crippen LogP contribution in [0.1, 0.15) is 19.8 Å². The highest BCUT2D eigenvalue weighted by molar-refractivity contribution is 5.85. The molecular weight excluding hydrogens is 174 g/mol. The molecule has 1 unspecified atom stereocenters. The van der Waals surface area contributed by atoms with E-state index in [0.29, 0.717) is 12.8 Å². The van der Waals surface area contributed by atoms with Gasteiger partial charge >= 0.3 is 0 Å². The first-order valence-electron chi connectivity index (χ1n) is 3.76. The second-order valence-corrected chi connectivity index (χ2v) is 2.88. The lowest BCUT2D eigenvalue weighted by Crippen LogP contribution is -2.45. The third-order valence-electron chi connectivity index (χ3n) is 1.84. The number of hydrogen-bond acceptors (Lipinski definition) is 2. The minimum absolute atomic E-state index is 0. The molecule has 0 aromatic carbocycles. The van der Waals surface area contributed by atoms with Gasteiger partial charge in [-0.05, 0) is 19.8 Å². The van der Waals surface area contributed by atoms with Crippen molar-refractivity contribution in [3.05, 3.63) is 25.3 Å². The van der Waals surface area contributed by atoms with Gasteiger partial charge in [0.1, 0.15) is 0 Å². The Labute approximate surface area is 80.6 Å². The lowest BCUT2D eigenvalue weighted by Gasteiger charge is -2.29. The van der Waals surface area contributed by atoms with Crippen molar-refractivity contribution < 1.29 is 5.11 Å². The van der Waals surface area contributed by atoms with Crippen LogP contribution in [0.15, 0.2) is 25.3 Å². The molecule has 0 saturated heterocycles. The van der Waals surface area contributed by atoms with Crippen molar-refractivity contribution in [2.45, 2.75) is 31.4 Å². The normalized spacial score (nSPS) is 12.9. The van der Waals surface area contributed by atoms with Gasteiger partial charge in [0, 0.05) is 6.04 Å². The molecule has 1 atom stereocenters. The fourth-order valence-corrected chi connectivity index (χ4v) is 0.955. The second kappa shape index (κ2) is 6.23. The Morgan fingerprint density at radius 1 is 1.42 bits per heavy atom. The Bertz CT molecular complexity index is 135. The van der Waals surface area contributed by atoms with Crippen molar-refractivity contribution in [1.29, 1.82) is 0 Å². The second-order valence-electron chi connectivity index (χ2n) is 2.88. The van der Waals surface area contributed by atoms with Gasteiger partial charge in [-0.1, -0.05) is 12.2 Å². The molecule has 0 aliphatic carbocycles. The van der Waals surface area contributed by atoms with Gasteiger partial charge in [0.05, 0.1) is 5.60 Å². The molecule has 0 amide bonds. The molecule has 0 saturated carbocycles. The first-order chi connectivity index (χ1) is 5.06. The van der Waals surface area contributed by atoms with Gasteiger partial charge in [0.25, 0.3) is 0 Å². The summed E-state index contributed by atoms with van der Waals surface area (Å²) in [4.78, 5) is 0. The van der Waals surface area contributed by atoms with Crippen molar-refractivity contribution in [2.24, 2.45) is 5.73 Å². The number of halogens is 1. The highest BCUT2D eigenvalue weighted by Gasteiger charge is 2.27. The number of rotatable bonds is 5. The van der Waals surface area contributed by atoms with Crippen molar-refractivity contribution in [1.82, 2.24) is 0 Å². The van der Waals surface area contributed by atoms with E-state index in [0.717, 1.165) is 0 Å². The van der Waals surface area contributed by atoms with Crippen molar-refractivity contribution in [3.8, 4) is 0 Å². The van der Waals surface area contributed by atoms with Gasteiger partial charge in [-0.25, -0.2) is 0 Å².